The number of nitrogens with two attached hydrogens (primary N) is 1. The number of hydrogen-bond donors (Lipinski definition) is 2. The van der Waals surface area contributed by atoms with Crippen LogP contribution in [0.15, 0.2) is 88.4 Å². The van der Waals surface area contributed by atoms with E-state index in [9.17, 15) is 5.11 Å². The molecular formula is C25H21FN5O+. The maximum Gasteiger partial charge on any atom is 0.267 e. The van der Waals surface area contributed by atoms with Gasteiger partial charge in [-0.15, -0.1) is 4.59 Å². The molecular weight excluding hydrogens is 405 g/mol. The van der Waals surface area contributed by atoms with Crippen LogP contribution in [-0.4, -0.2) is 32.8 Å². The molecule has 1 aromatic heterocycles. The minimum Gasteiger partial charge on any atom is -0.393 e. The van der Waals surface area contributed by atoms with Gasteiger partial charge in [-0.25, -0.2) is 9.37 Å². The van der Waals surface area contributed by atoms with E-state index in [1.54, 1.807) is 24.7 Å². The maximum absolute atomic E-state index is 15.3. The number of quaternary nitrogens is 1. The van der Waals surface area contributed by atoms with E-state index < -0.39 is 5.82 Å². The van der Waals surface area contributed by atoms with Gasteiger partial charge in [0, 0.05) is 16.9 Å². The van der Waals surface area contributed by atoms with E-state index in [4.69, 9.17) is 15.8 Å². The summed E-state index contributed by atoms with van der Waals surface area (Å²) < 4.78 is 15.1. The van der Waals surface area contributed by atoms with E-state index in [1.165, 1.54) is 6.07 Å². The Morgan fingerprint density at radius 3 is 2.66 bits per heavy atom. The van der Waals surface area contributed by atoms with Crippen LogP contribution >= 0.6 is 0 Å². The molecule has 0 radical (unpaired) electrons. The van der Waals surface area contributed by atoms with Crippen molar-refractivity contribution in [2.45, 2.75) is 18.9 Å². The molecule has 0 spiro atoms. The smallest absolute Gasteiger partial charge is 0.267 e. The second-order valence-corrected chi connectivity index (χ2v) is 8.47. The highest BCUT2D eigenvalue weighted by atomic mass is 19.1. The van der Waals surface area contributed by atoms with Crippen LogP contribution < -0.4 is 5.84 Å². The lowest BCUT2D eigenvalue weighted by Gasteiger charge is -2.31. The van der Waals surface area contributed by atoms with Crippen LogP contribution in [0.4, 0.5) is 4.39 Å². The summed E-state index contributed by atoms with van der Waals surface area (Å²) in [4.78, 5) is 13.8. The molecule has 6 nitrogen and oxygen atoms in total. The minimum atomic E-state index is -0.404. The number of aliphatic hydroxyl groups is 1. The van der Waals surface area contributed by atoms with Crippen molar-refractivity contribution in [3.63, 3.8) is 0 Å². The number of aliphatic imine (C=N–C) groups is 2. The van der Waals surface area contributed by atoms with Gasteiger partial charge in [-0.2, -0.15) is 10.8 Å². The van der Waals surface area contributed by atoms with Crippen LogP contribution in [0.2, 0.25) is 0 Å². The summed E-state index contributed by atoms with van der Waals surface area (Å²) in [5.74, 6) is 6.81. The molecule has 1 fully saturated rings. The summed E-state index contributed by atoms with van der Waals surface area (Å²) in [6, 6.07) is 16.8. The topological polar surface area (TPSA) is 83.9 Å². The number of aliphatic hydroxyl groups excluding tert-OH is 1. The minimum absolute atomic E-state index is 0.0859. The van der Waals surface area contributed by atoms with Crippen LogP contribution in [-0.2, 0) is 0 Å². The zero-order valence-corrected chi connectivity index (χ0v) is 17.2. The molecule has 7 heteroatoms. The van der Waals surface area contributed by atoms with Crippen LogP contribution in [0.5, 0.6) is 0 Å². The molecule has 2 aliphatic heterocycles. The normalized spacial score (nSPS) is 26.3. The number of rotatable bonds is 3. The van der Waals surface area contributed by atoms with Crippen molar-refractivity contribution in [1.29, 1.82) is 0 Å². The number of hydrogen-bond acceptors (Lipinski definition) is 5. The fourth-order valence-electron chi connectivity index (χ4n) is 4.58. The molecule has 1 unspecified atom stereocenters. The Morgan fingerprint density at radius 1 is 1.06 bits per heavy atom. The predicted octanol–water partition coefficient (Wildman–Crippen LogP) is 4.03. The highest BCUT2D eigenvalue weighted by Gasteiger charge is 2.48. The lowest BCUT2D eigenvalue weighted by Crippen LogP contribution is -2.53. The van der Waals surface area contributed by atoms with Gasteiger partial charge >= 0.3 is 0 Å². The predicted molar refractivity (Wildman–Crippen MR) is 122 cm³/mol. The van der Waals surface area contributed by atoms with Crippen molar-refractivity contribution in [2.24, 2.45) is 21.7 Å². The Balaban J connectivity index is 1.48. The van der Waals surface area contributed by atoms with Crippen LogP contribution in [0, 0.1) is 11.7 Å². The Kier molecular flexibility index (Phi) is 4.19. The number of aromatic nitrogens is 1. The van der Waals surface area contributed by atoms with E-state index in [-0.39, 0.29) is 16.6 Å². The van der Waals surface area contributed by atoms with Gasteiger partial charge in [0.2, 0.25) is 5.70 Å². The molecule has 1 atom stereocenters. The van der Waals surface area contributed by atoms with E-state index >= 15 is 4.39 Å². The molecule has 0 saturated heterocycles. The summed E-state index contributed by atoms with van der Waals surface area (Å²) in [6.45, 7) is 0. The SMILES string of the molecule is N[N+]12C=CN=CC1=C(C1CC(O)C1)N=C2c1cc2nc(-c3ccccc3)ccc2cc1F. The highest BCUT2D eigenvalue weighted by molar-refractivity contribution is 6.03. The first-order valence-corrected chi connectivity index (χ1v) is 10.6. The van der Waals surface area contributed by atoms with Crippen molar-refractivity contribution < 1.29 is 14.1 Å². The first-order chi connectivity index (χ1) is 15.5. The highest BCUT2D eigenvalue weighted by Crippen LogP contribution is 2.42. The van der Waals surface area contributed by atoms with Gasteiger partial charge in [-0.3, -0.25) is 4.99 Å². The summed E-state index contributed by atoms with van der Waals surface area (Å²) >= 11 is 0. The van der Waals surface area contributed by atoms with Gasteiger partial charge in [0.05, 0.1) is 35.3 Å². The number of pyridine rings is 1. The first kappa shape index (κ1) is 19.2. The second-order valence-electron chi connectivity index (χ2n) is 8.47. The largest absolute Gasteiger partial charge is 0.393 e. The van der Waals surface area contributed by atoms with Gasteiger partial charge in [0.1, 0.15) is 17.7 Å². The molecule has 3 aromatic rings. The maximum atomic E-state index is 15.3. The Bertz CT molecular complexity index is 1370. The zero-order chi connectivity index (χ0) is 21.9. The number of amidine groups is 1. The standard InChI is InChI=1S/C25H21FN5O/c26-20-12-16-6-7-21(15-4-2-1-3-5-15)29-22(16)13-19(20)25-30-24(17-10-18(32)11-17)23-14-28-8-9-31(23,25)27/h1-9,12-14,17-18,32H,10-11,27H2/q+1. The van der Waals surface area contributed by atoms with Crippen molar-refractivity contribution in [3.8, 4) is 11.3 Å². The number of fused-ring (bicyclic) bond motifs is 2. The lowest BCUT2D eigenvalue weighted by molar-refractivity contribution is -0.750. The Hall–Kier alpha value is -3.52. The molecule has 0 amide bonds. The van der Waals surface area contributed by atoms with Crippen molar-refractivity contribution in [3.05, 3.63) is 89.8 Å². The number of halogens is 1. The summed E-state index contributed by atoms with van der Waals surface area (Å²) in [7, 11) is 0. The van der Waals surface area contributed by atoms with Gasteiger partial charge in [-0.05, 0) is 31.0 Å². The summed E-state index contributed by atoms with van der Waals surface area (Å²) in [5.41, 5.74) is 4.27. The van der Waals surface area contributed by atoms with Crippen molar-refractivity contribution in [1.82, 2.24) is 4.98 Å². The third kappa shape index (κ3) is 2.86. The third-order valence-electron chi connectivity index (χ3n) is 6.41. The molecule has 1 saturated carbocycles. The Morgan fingerprint density at radius 2 is 1.88 bits per heavy atom. The molecule has 2 aromatic carbocycles. The lowest BCUT2D eigenvalue weighted by atomic mass is 9.79. The third-order valence-corrected chi connectivity index (χ3v) is 6.41. The molecule has 158 valence electrons. The van der Waals surface area contributed by atoms with Gasteiger partial charge in [0.25, 0.3) is 5.84 Å². The van der Waals surface area contributed by atoms with Crippen LogP contribution in [0.25, 0.3) is 22.2 Å². The molecule has 3 aliphatic rings. The molecule has 0 bridgehead atoms. The summed E-state index contributed by atoms with van der Waals surface area (Å²) in [5, 5.41) is 10.5. The van der Waals surface area contributed by atoms with Gasteiger partial charge in [-0.1, -0.05) is 36.4 Å². The van der Waals surface area contributed by atoms with Gasteiger partial charge < -0.3 is 5.11 Å². The van der Waals surface area contributed by atoms with E-state index in [0.29, 0.717) is 40.8 Å². The quantitative estimate of drug-likeness (QED) is 0.490. The molecule has 1 aliphatic carbocycles. The fraction of sp³-hybridized carbons (Fsp3) is 0.160. The monoisotopic (exact) mass is 426 g/mol. The zero-order valence-electron chi connectivity index (χ0n) is 17.2. The Labute approximate surface area is 184 Å². The first-order valence-electron chi connectivity index (χ1n) is 10.6. The number of benzene rings is 2. The molecule has 3 heterocycles. The van der Waals surface area contributed by atoms with E-state index in [2.05, 4.69) is 4.99 Å². The van der Waals surface area contributed by atoms with E-state index in [1.807, 2.05) is 42.5 Å². The van der Waals surface area contributed by atoms with Gasteiger partial charge in [0.15, 0.2) is 0 Å². The average Bonchev–Trinajstić information content (AvgIpc) is 3.09. The number of allylic oxidation sites excluding steroid dienone is 2. The molecule has 6 rings (SSSR count). The average molecular weight is 426 g/mol. The van der Waals surface area contributed by atoms with Crippen LogP contribution in [0.3, 0.4) is 0 Å². The summed E-state index contributed by atoms with van der Waals surface area (Å²) in [6.07, 6.45) is 5.89. The molecule has 3 N–H and O–H groups in total. The molecule has 32 heavy (non-hydrogen) atoms. The van der Waals surface area contributed by atoms with Crippen LogP contribution in [0.1, 0.15) is 18.4 Å². The van der Waals surface area contributed by atoms with Crippen molar-refractivity contribution in [2.75, 3.05) is 0 Å². The fourth-order valence-corrected chi connectivity index (χ4v) is 4.58. The second kappa shape index (κ2) is 7.00. The van der Waals surface area contributed by atoms with E-state index in [0.717, 1.165) is 17.0 Å². The number of nitrogens with zero attached hydrogens (tertiary/aromatic N) is 4. The van der Waals surface area contributed by atoms with Crippen molar-refractivity contribution >= 4 is 23.0 Å².